The largest absolute Gasteiger partial charge is 0.486 e. The fourth-order valence-electron chi connectivity index (χ4n) is 1.83. The molecule has 2 N–H and O–H groups in total. The highest BCUT2D eigenvalue weighted by atomic mass is 16.6. The first kappa shape index (κ1) is 14.2. The average Bonchev–Trinajstić information content (AvgIpc) is 2.43. The normalized spacial score (nSPS) is 17.3. The summed E-state index contributed by atoms with van der Waals surface area (Å²) in [5.74, 6) is 2.06. The highest BCUT2D eigenvalue weighted by Crippen LogP contribution is 2.32. The summed E-state index contributed by atoms with van der Waals surface area (Å²) in [7, 11) is 0. The van der Waals surface area contributed by atoms with Crippen LogP contribution in [-0.2, 0) is 4.74 Å². The lowest BCUT2D eigenvalue weighted by atomic mass is 10.1. The minimum atomic E-state index is -0.142. The molecule has 0 aliphatic carbocycles. The lowest BCUT2D eigenvalue weighted by Crippen LogP contribution is -2.24. The quantitative estimate of drug-likeness (QED) is 0.888. The number of hydrogen-bond acceptors (Lipinski definition) is 4. The average molecular weight is 265 g/mol. The van der Waals surface area contributed by atoms with Gasteiger partial charge in [-0.1, -0.05) is 19.9 Å². The molecule has 0 aromatic heterocycles. The molecule has 0 amide bonds. The van der Waals surface area contributed by atoms with Gasteiger partial charge in [0.15, 0.2) is 11.5 Å². The number of nitrogens with two attached hydrogens (primary N) is 1. The van der Waals surface area contributed by atoms with Crippen LogP contribution in [0.4, 0.5) is 0 Å². The first-order valence-electron chi connectivity index (χ1n) is 6.84. The van der Waals surface area contributed by atoms with Gasteiger partial charge in [-0.05, 0) is 30.5 Å². The Labute approximate surface area is 114 Å². The van der Waals surface area contributed by atoms with Crippen LogP contribution >= 0.6 is 0 Å². The molecule has 1 heterocycles. The Morgan fingerprint density at radius 3 is 2.53 bits per heavy atom. The van der Waals surface area contributed by atoms with E-state index in [2.05, 4.69) is 20.8 Å². The molecule has 4 nitrogen and oxygen atoms in total. The third-order valence-corrected chi connectivity index (χ3v) is 3.47. The van der Waals surface area contributed by atoms with Crippen LogP contribution in [0, 0.1) is 5.92 Å². The Morgan fingerprint density at radius 2 is 1.84 bits per heavy atom. The van der Waals surface area contributed by atoms with Gasteiger partial charge < -0.3 is 19.9 Å². The van der Waals surface area contributed by atoms with Gasteiger partial charge in [0.05, 0.1) is 18.8 Å². The number of fused-ring (bicyclic) bond motifs is 1. The Balaban J connectivity index is 1.97. The maximum absolute atomic E-state index is 6.16. The molecule has 0 spiro atoms. The molecule has 106 valence electrons. The highest BCUT2D eigenvalue weighted by Gasteiger charge is 2.16. The van der Waals surface area contributed by atoms with Gasteiger partial charge in [0.25, 0.3) is 0 Å². The van der Waals surface area contributed by atoms with Crippen molar-refractivity contribution in [3.63, 3.8) is 0 Å². The Kier molecular flexibility index (Phi) is 4.66. The molecule has 0 saturated heterocycles. The predicted molar refractivity (Wildman–Crippen MR) is 74.6 cm³/mol. The van der Waals surface area contributed by atoms with E-state index in [1.807, 2.05) is 18.2 Å². The molecule has 1 aromatic rings. The molecular formula is C15H23NO3. The van der Waals surface area contributed by atoms with E-state index in [1.54, 1.807) is 0 Å². The highest BCUT2D eigenvalue weighted by molar-refractivity contribution is 5.44. The lowest BCUT2D eigenvalue weighted by molar-refractivity contribution is 0.0271. The van der Waals surface area contributed by atoms with Crippen molar-refractivity contribution in [3.05, 3.63) is 23.8 Å². The van der Waals surface area contributed by atoms with Gasteiger partial charge >= 0.3 is 0 Å². The van der Waals surface area contributed by atoms with Crippen molar-refractivity contribution in [1.82, 2.24) is 0 Å². The molecule has 2 rings (SSSR count). The van der Waals surface area contributed by atoms with E-state index in [0.717, 1.165) is 17.1 Å². The summed E-state index contributed by atoms with van der Waals surface area (Å²) in [6.07, 6.45) is 0.211. The van der Waals surface area contributed by atoms with Crippen LogP contribution in [0.1, 0.15) is 32.4 Å². The molecule has 1 aromatic carbocycles. The van der Waals surface area contributed by atoms with E-state index in [9.17, 15) is 0 Å². The van der Waals surface area contributed by atoms with Crippen molar-refractivity contribution < 1.29 is 14.2 Å². The predicted octanol–water partition coefficient (Wildman–Crippen LogP) is 2.52. The third-order valence-electron chi connectivity index (χ3n) is 3.47. The molecule has 0 radical (unpaired) electrons. The molecule has 2 unspecified atom stereocenters. The SMILES string of the molecule is CC(C)C(C)OCC(N)c1ccc2c(c1)OCCO2. The molecule has 2 atom stereocenters. The standard InChI is InChI=1S/C15H23NO3/c1-10(2)11(3)19-9-13(16)12-4-5-14-15(8-12)18-7-6-17-14/h4-5,8,10-11,13H,6-7,9,16H2,1-3H3. The molecule has 1 aliphatic heterocycles. The lowest BCUT2D eigenvalue weighted by Gasteiger charge is -2.22. The fourth-order valence-corrected chi connectivity index (χ4v) is 1.83. The maximum Gasteiger partial charge on any atom is 0.161 e. The number of rotatable bonds is 5. The van der Waals surface area contributed by atoms with Crippen LogP contribution < -0.4 is 15.2 Å². The van der Waals surface area contributed by atoms with Crippen LogP contribution in [0.2, 0.25) is 0 Å². The van der Waals surface area contributed by atoms with E-state index in [-0.39, 0.29) is 12.1 Å². The summed E-state index contributed by atoms with van der Waals surface area (Å²) in [5, 5.41) is 0. The molecule has 4 heteroatoms. The summed E-state index contributed by atoms with van der Waals surface area (Å²) in [6.45, 7) is 8.06. The van der Waals surface area contributed by atoms with Gasteiger partial charge in [-0.15, -0.1) is 0 Å². The summed E-state index contributed by atoms with van der Waals surface area (Å²) in [4.78, 5) is 0. The van der Waals surface area contributed by atoms with E-state index < -0.39 is 0 Å². The Bertz CT molecular complexity index is 420. The van der Waals surface area contributed by atoms with Crippen molar-refractivity contribution in [2.75, 3.05) is 19.8 Å². The smallest absolute Gasteiger partial charge is 0.161 e. The second-order valence-corrected chi connectivity index (χ2v) is 5.29. The van der Waals surface area contributed by atoms with Gasteiger partial charge in [-0.3, -0.25) is 0 Å². The van der Waals surface area contributed by atoms with Gasteiger partial charge in [0.2, 0.25) is 0 Å². The van der Waals surface area contributed by atoms with Gasteiger partial charge in [0, 0.05) is 0 Å². The first-order chi connectivity index (χ1) is 9.08. The molecule has 0 fully saturated rings. The van der Waals surface area contributed by atoms with E-state index in [4.69, 9.17) is 19.9 Å². The van der Waals surface area contributed by atoms with Crippen molar-refractivity contribution in [2.45, 2.75) is 32.9 Å². The minimum Gasteiger partial charge on any atom is -0.486 e. The summed E-state index contributed by atoms with van der Waals surface area (Å²) >= 11 is 0. The first-order valence-corrected chi connectivity index (χ1v) is 6.84. The summed E-state index contributed by atoms with van der Waals surface area (Å²) in [6, 6.07) is 5.69. The Hall–Kier alpha value is -1.26. The van der Waals surface area contributed by atoms with Crippen molar-refractivity contribution >= 4 is 0 Å². The molecular weight excluding hydrogens is 242 g/mol. The minimum absolute atomic E-state index is 0.142. The molecule has 1 aliphatic rings. The van der Waals surface area contributed by atoms with Crippen molar-refractivity contribution in [3.8, 4) is 11.5 Å². The molecule has 19 heavy (non-hydrogen) atoms. The monoisotopic (exact) mass is 265 g/mol. The fraction of sp³-hybridized carbons (Fsp3) is 0.600. The number of benzene rings is 1. The van der Waals surface area contributed by atoms with Gasteiger partial charge in [0.1, 0.15) is 13.2 Å². The van der Waals surface area contributed by atoms with Crippen LogP contribution in [0.3, 0.4) is 0 Å². The second-order valence-electron chi connectivity index (χ2n) is 5.29. The summed E-state index contributed by atoms with van der Waals surface area (Å²) < 4.78 is 16.8. The van der Waals surface area contributed by atoms with Crippen molar-refractivity contribution in [1.29, 1.82) is 0 Å². The van der Waals surface area contributed by atoms with Crippen LogP contribution in [0.5, 0.6) is 11.5 Å². The van der Waals surface area contributed by atoms with E-state index >= 15 is 0 Å². The topological polar surface area (TPSA) is 53.7 Å². The van der Waals surface area contributed by atoms with Crippen LogP contribution in [-0.4, -0.2) is 25.9 Å². The number of hydrogen-bond donors (Lipinski definition) is 1. The zero-order valence-corrected chi connectivity index (χ0v) is 11.9. The zero-order chi connectivity index (χ0) is 13.8. The van der Waals surface area contributed by atoms with Gasteiger partial charge in [-0.25, -0.2) is 0 Å². The molecule has 0 saturated carbocycles. The van der Waals surface area contributed by atoms with Crippen LogP contribution in [0.15, 0.2) is 18.2 Å². The molecule has 0 bridgehead atoms. The van der Waals surface area contributed by atoms with E-state index in [1.165, 1.54) is 0 Å². The Morgan fingerprint density at radius 1 is 1.16 bits per heavy atom. The number of ether oxygens (including phenoxy) is 3. The third kappa shape index (κ3) is 3.61. The van der Waals surface area contributed by atoms with Crippen LogP contribution in [0.25, 0.3) is 0 Å². The second kappa shape index (κ2) is 6.26. The maximum atomic E-state index is 6.16. The van der Waals surface area contributed by atoms with Gasteiger partial charge in [-0.2, -0.15) is 0 Å². The zero-order valence-electron chi connectivity index (χ0n) is 11.9. The van der Waals surface area contributed by atoms with E-state index in [0.29, 0.717) is 25.7 Å². The summed E-state index contributed by atoms with van der Waals surface area (Å²) in [5.41, 5.74) is 7.17. The van der Waals surface area contributed by atoms with Crippen molar-refractivity contribution in [2.24, 2.45) is 11.7 Å².